The summed E-state index contributed by atoms with van der Waals surface area (Å²) < 4.78 is 66.9. The van der Waals surface area contributed by atoms with E-state index in [9.17, 15) is 26.7 Å². The number of carbonyl (C=O) groups is 1. The molecule has 1 aliphatic heterocycles. The highest BCUT2D eigenvalue weighted by Crippen LogP contribution is 2.38. The predicted octanol–water partition coefficient (Wildman–Crippen LogP) is 5.71. The zero-order valence-corrected chi connectivity index (χ0v) is 15.3. The minimum absolute atomic E-state index is 0.0120. The van der Waals surface area contributed by atoms with Crippen LogP contribution in [0.5, 0.6) is 0 Å². The van der Waals surface area contributed by atoms with Crippen LogP contribution in [0.15, 0.2) is 48.0 Å². The molecule has 0 saturated carbocycles. The molecule has 1 N–H and O–H groups in total. The minimum Gasteiger partial charge on any atom is -0.316 e. The van der Waals surface area contributed by atoms with Crippen molar-refractivity contribution in [1.29, 1.82) is 0 Å². The molecule has 0 bridgehead atoms. The Morgan fingerprint density at radius 1 is 1.00 bits per heavy atom. The maximum atomic E-state index is 13.7. The minimum atomic E-state index is -4.76. The molecular weight excluding hydrogens is 397 g/mol. The second-order valence-electron chi connectivity index (χ2n) is 6.53. The highest BCUT2D eigenvalue weighted by molar-refractivity contribution is 7.80. The van der Waals surface area contributed by atoms with Crippen molar-refractivity contribution in [2.24, 2.45) is 0 Å². The molecule has 2 nitrogen and oxygen atoms in total. The quantitative estimate of drug-likeness (QED) is 0.398. The van der Waals surface area contributed by atoms with Gasteiger partial charge in [0.15, 0.2) is 0 Å². The van der Waals surface area contributed by atoms with Crippen molar-refractivity contribution in [1.82, 2.24) is 5.32 Å². The molecule has 0 atom stereocenters. The monoisotopic (exact) mass is 411 g/mol. The molecule has 3 rings (SSSR count). The SMILES string of the molecule is CC(F)(F)c1cc(-c2cccc(/C=C3\CC(=S)NC3=O)c2)cc(C(F)(F)F)c1. The molecule has 1 amide bonds. The first-order valence-corrected chi connectivity index (χ1v) is 8.60. The number of hydrogen-bond acceptors (Lipinski definition) is 2. The maximum Gasteiger partial charge on any atom is 0.416 e. The van der Waals surface area contributed by atoms with Gasteiger partial charge in [-0.25, -0.2) is 8.78 Å². The summed E-state index contributed by atoms with van der Waals surface area (Å²) in [6.07, 6.45) is -2.91. The summed E-state index contributed by atoms with van der Waals surface area (Å²) in [7, 11) is 0. The van der Waals surface area contributed by atoms with E-state index in [2.05, 4.69) is 5.32 Å². The Kier molecular flexibility index (Phi) is 5.10. The van der Waals surface area contributed by atoms with Crippen LogP contribution in [0.1, 0.15) is 30.0 Å². The van der Waals surface area contributed by atoms with Crippen molar-refractivity contribution in [3.63, 3.8) is 0 Å². The van der Waals surface area contributed by atoms with Crippen LogP contribution < -0.4 is 5.32 Å². The number of alkyl halides is 5. The first kappa shape index (κ1) is 20.1. The van der Waals surface area contributed by atoms with E-state index in [0.717, 1.165) is 12.1 Å². The Morgan fingerprint density at radius 3 is 2.25 bits per heavy atom. The third kappa shape index (κ3) is 4.44. The lowest BCUT2D eigenvalue weighted by Gasteiger charge is -2.16. The summed E-state index contributed by atoms with van der Waals surface area (Å²) in [5, 5.41) is 2.50. The fraction of sp³-hybridized carbons (Fsp3) is 0.200. The zero-order valence-electron chi connectivity index (χ0n) is 14.5. The lowest BCUT2D eigenvalue weighted by atomic mass is 9.95. The van der Waals surface area contributed by atoms with Crippen molar-refractivity contribution in [2.75, 3.05) is 0 Å². The summed E-state index contributed by atoms with van der Waals surface area (Å²) in [5.74, 6) is -3.75. The molecule has 2 aromatic rings. The average molecular weight is 411 g/mol. The Balaban J connectivity index is 2.08. The largest absolute Gasteiger partial charge is 0.416 e. The molecule has 0 radical (unpaired) electrons. The van der Waals surface area contributed by atoms with Gasteiger partial charge in [-0.3, -0.25) is 4.79 Å². The van der Waals surface area contributed by atoms with Crippen molar-refractivity contribution < 1.29 is 26.7 Å². The van der Waals surface area contributed by atoms with Crippen molar-refractivity contribution >= 4 is 29.2 Å². The molecule has 8 heteroatoms. The van der Waals surface area contributed by atoms with E-state index in [0.29, 0.717) is 34.7 Å². The zero-order chi connectivity index (χ0) is 20.7. The molecule has 0 unspecified atom stereocenters. The third-order valence-electron chi connectivity index (χ3n) is 4.22. The van der Waals surface area contributed by atoms with Crippen LogP contribution >= 0.6 is 12.2 Å². The van der Waals surface area contributed by atoms with Crippen molar-refractivity contribution in [3.8, 4) is 11.1 Å². The van der Waals surface area contributed by atoms with E-state index < -0.39 is 23.2 Å². The van der Waals surface area contributed by atoms with Gasteiger partial charge < -0.3 is 5.32 Å². The summed E-state index contributed by atoms with van der Waals surface area (Å²) in [5.41, 5.74) is -0.557. The van der Waals surface area contributed by atoms with Gasteiger partial charge in [-0.15, -0.1) is 0 Å². The highest BCUT2D eigenvalue weighted by atomic mass is 32.1. The van der Waals surface area contributed by atoms with Gasteiger partial charge in [0.1, 0.15) is 0 Å². The maximum absolute atomic E-state index is 13.7. The standard InChI is InChI=1S/C20H14F5NOS/c1-19(21,22)15-7-13(8-16(10-15)20(23,24)25)12-4-2-3-11(5-12)6-14-9-17(28)26-18(14)27/h2-8,10H,9H2,1H3,(H,26,27,28)/b14-6+. The molecule has 146 valence electrons. The van der Waals surface area contributed by atoms with Crippen LogP contribution in [0.25, 0.3) is 17.2 Å². The molecule has 28 heavy (non-hydrogen) atoms. The number of carbonyl (C=O) groups excluding carboxylic acids is 1. The van der Waals surface area contributed by atoms with Gasteiger partial charge in [-0.05, 0) is 47.0 Å². The Bertz CT molecular complexity index is 957. The van der Waals surface area contributed by atoms with Gasteiger partial charge in [0.2, 0.25) is 0 Å². The summed E-state index contributed by atoms with van der Waals surface area (Å²) >= 11 is 4.94. The molecule has 2 aromatic carbocycles. The van der Waals surface area contributed by atoms with Gasteiger partial charge in [0.25, 0.3) is 11.8 Å². The lowest BCUT2D eigenvalue weighted by molar-refractivity contribution is -0.137. The van der Waals surface area contributed by atoms with Crippen LogP contribution in [-0.4, -0.2) is 10.9 Å². The normalized spacial score (nSPS) is 16.6. The van der Waals surface area contributed by atoms with Gasteiger partial charge in [-0.1, -0.05) is 30.4 Å². The van der Waals surface area contributed by atoms with Gasteiger partial charge in [-0.2, -0.15) is 13.2 Å². The average Bonchev–Trinajstić information content (AvgIpc) is 2.90. The Morgan fingerprint density at radius 2 is 1.68 bits per heavy atom. The number of halogens is 5. The molecule has 1 heterocycles. The second-order valence-corrected chi connectivity index (χ2v) is 7.03. The lowest BCUT2D eigenvalue weighted by Crippen LogP contribution is -2.17. The van der Waals surface area contributed by atoms with Crippen LogP contribution in [-0.2, 0) is 16.9 Å². The number of hydrogen-bond donors (Lipinski definition) is 1. The first-order chi connectivity index (χ1) is 12.9. The number of amides is 1. The summed E-state index contributed by atoms with van der Waals surface area (Å²) in [6.45, 7) is 0.550. The fourth-order valence-corrected chi connectivity index (χ4v) is 3.09. The molecule has 1 fully saturated rings. The topological polar surface area (TPSA) is 29.1 Å². The van der Waals surface area contributed by atoms with Gasteiger partial charge >= 0.3 is 6.18 Å². The van der Waals surface area contributed by atoms with Crippen LogP contribution in [0.2, 0.25) is 0 Å². The second kappa shape index (κ2) is 7.09. The summed E-state index contributed by atoms with van der Waals surface area (Å²) in [4.78, 5) is 12.2. The molecule has 0 aliphatic carbocycles. The van der Waals surface area contributed by atoms with E-state index in [1.807, 2.05) is 0 Å². The Hall–Kier alpha value is -2.61. The van der Waals surface area contributed by atoms with Crippen LogP contribution in [0, 0.1) is 0 Å². The van der Waals surface area contributed by atoms with Crippen molar-refractivity contribution in [3.05, 3.63) is 64.7 Å². The van der Waals surface area contributed by atoms with E-state index in [1.165, 1.54) is 12.1 Å². The predicted molar refractivity (Wildman–Crippen MR) is 99.8 cm³/mol. The van der Waals surface area contributed by atoms with Crippen LogP contribution in [0.4, 0.5) is 22.0 Å². The smallest absolute Gasteiger partial charge is 0.316 e. The number of thiocarbonyl (C=S) groups is 1. The molecule has 1 aliphatic rings. The van der Waals surface area contributed by atoms with E-state index in [4.69, 9.17) is 12.2 Å². The first-order valence-electron chi connectivity index (χ1n) is 8.19. The molecular formula is C20H14F5NOS. The number of rotatable bonds is 3. The van der Waals surface area contributed by atoms with Gasteiger partial charge in [0, 0.05) is 24.5 Å². The fourth-order valence-electron chi connectivity index (χ4n) is 2.84. The molecule has 1 saturated heterocycles. The van der Waals surface area contributed by atoms with Crippen molar-refractivity contribution in [2.45, 2.75) is 25.4 Å². The molecule has 0 aromatic heterocycles. The summed E-state index contributed by atoms with van der Waals surface area (Å²) in [6, 6.07) is 8.63. The Labute approximate surface area is 163 Å². The number of benzene rings is 2. The third-order valence-corrected chi connectivity index (χ3v) is 4.47. The van der Waals surface area contributed by atoms with E-state index in [-0.39, 0.29) is 17.9 Å². The molecule has 0 spiro atoms. The van der Waals surface area contributed by atoms with E-state index >= 15 is 0 Å². The van der Waals surface area contributed by atoms with Crippen LogP contribution in [0.3, 0.4) is 0 Å². The highest BCUT2D eigenvalue weighted by Gasteiger charge is 2.34. The number of nitrogens with one attached hydrogen (secondary N) is 1. The van der Waals surface area contributed by atoms with E-state index in [1.54, 1.807) is 18.2 Å². The van der Waals surface area contributed by atoms with Gasteiger partial charge in [0.05, 0.1) is 10.6 Å².